The average Bonchev–Trinajstić information content (AvgIpc) is 3.39. The van der Waals surface area contributed by atoms with Crippen molar-refractivity contribution in [2.45, 2.75) is 43.4 Å². The Balaban J connectivity index is 1.48. The zero-order chi connectivity index (χ0) is 22.7. The molecule has 0 aliphatic carbocycles. The van der Waals surface area contributed by atoms with Crippen molar-refractivity contribution in [1.29, 1.82) is 0 Å². The molecule has 0 unspecified atom stereocenters. The lowest BCUT2D eigenvalue weighted by Crippen LogP contribution is -2.38. The van der Waals surface area contributed by atoms with E-state index >= 15 is 0 Å². The van der Waals surface area contributed by atoms with Crippen LogP contribution in [0.3, 0.4) is 0 Å². The number of alkyl halides is 3. The predicted octanol–water partition coefficient (Wildman–Crippen LogP) is 4.14. The predicted molar refractivity (Wildman–Crippen MR) is 112 cm³/mol. The zero-order valence-corrected chi connectivity index (χ0v) is 18.5. The van der Waals surface area contributed by atoms with Crippen molar-refractivity contribution >= 4 is 17.7 Å². The van der Waals surface area contributed by atoms with Gasteiger partial charge in [0, 0.05) is 18.7 Å². The lowest BCUT2D eigenvalue weighted by atomic mass is 10.0. The molecule has 4 rings (SSSR count). The first kappa shape index (κ1) is 22.6. The minimum atomic E-state index is -4.40. The van der Waals surface area contributed by atoms with Gasteiger partial charge in [-0.25, -0.2) is 0 Å². The first-order chi connectivity index (χ1) is 15.3. The molecule has 1 fully saturated rings. The Morgan fingerprint density at radius 3 is 2.47 bits per heavy atom. The number of thioether (sulfide) groups is 1. The van der Waals surface area contributed by atoms with Crippen LogP contribution in [0.15, 0.2) is 33.9 Å². The Kier molecular flexibility index (Phi) is 6.70. The Morgan fingerprint density at radius 1 is 1.09 bits per heavy atom. The number of morpholine rings is 1. The van der Waals surface area contributed by atoms with Crippen LogP contribution in [0.4, 0.5) is 19.1 Å². The van der Waals surface area contributed by atoms with Gasteiger partial charge in [0.2, 0.25) is 17.7 Å². The third kappa shape index (κ3) is 5.41. The summed E-state index contributed by atoms with van der Waals surface area (Å²) in [6.45, 7) is 4.84. The topological polar surface area (TPSA) is 82.1 Å². The summed E-state index contributed by atoms with van der Waals surface area (Å²) < 4.78 is 51.3. The fourth-order valence-electron chi connectivity index (χ4n) is 3.28. The van der Waals surface area contributed by atoms with Crippen molar-refractivity contribution in [3.05, 3.63) is 35.7 Å². The molecule has 0 bridgehead atoms. The van der Waals surface area contributed by atoms with Crippen LogP contribution < -0.4 is 4.90 Å². The van der Waals surface area contributed by atoms with E-state index in [1.807, 2.05) is 24.3 Å². The second-order valence-corrected chi connectivity index (χ2v) is 8.60. The van der Waals surface area contributed by atoms with Crippen LogP contribution in [0.1, 0.15) is 31.2 Å². The Bertz CT molecular complexity index is 1030. The van der Waals surface area contributed by atoms with E-state index in [1.165, 1.54) is 5.56 Å². The normalized spacial score (nSPS) is 15.0. The molecule has 32 heavy (non-hydrogen) atoms. The number of halogens is 3. The van der Waals surface area contributed by atoms with Crippen LogP contribution in [-0.2, 0) is 17.0 Å². The Morgan fingerprint density at radius 2 is 1.81 bits per heavy atom. The van der Waals surface area contributed by atoms with E-state index in [1.54, 1.807) is 4.90 Å². The monoisotopic (exact) mass is 468 g/mol. The number of anilines is 1. The summed E-state index contributed by atoms with van der Waals surface area (Å²) in [6, 6.07) is 7.87. The summed E-state index contributed by atoms with van der Waals surface area (Å²) in [7, 11) is 0. The summed E-state index contributed by atoms with van der Waals surface area (Å²) in [5.41, 5.74) is 2.01. The van der Waals surface area contributed by atoms with Gasteiger partial charge in [-0.15, -0.1) is 10.2 Å². The van der Waals surface area contributed by atoms with Crippen molar-refractivity contribution in [3.8, 4) is 11.4 Å². The van der Waals surface area contributed by atoms with Crippen molar-refractivity contribution in [2.24, 2.45) is 0 Å². The largest absolute Gasteiger partial charge is 0.406 e. The molecule has 0 N–H and O–H groups in total. The summed E-state index contributed by atoms with van der Waals surface area (Å²) in [4.78, 5) is 6.11. The molecule has 8 nitrogen and oxygen atoms in total. The minimum Gasteiger partial charge on any atom is -0.378 e. The maximum atomic E-state index is 13.2. The van der Waals surface area contributed by atoms with E-state index < -0.39 is 12.7 Å². The van der Waals surface area contributed by atoms with E-state index in [9.17, 15) is 13.2 Å². The highest BCUT2D eigenvalue weighted by Crippen LogP contribution is 2.30. The van der Waals surface area contributed by atoms with Crippen LogP contribution in [0.2, 0.25) is 0 Å². The number of ether oxygens (including phenoxy) is 1. The molecule has 0 saturated carbocycles. The summed E-state index contributed by atoms with van der Waals surface area (Å²) in [6.07, 6.45) is -4.40. The van der Waals surface area contributed by atoms with E-state index in [0.717, 1.165) is 21.9 Å². The maximum absolute atomic E-state index is 13.2. The van der Waals surface area contributed by atoms with Gasteiger partial charge in [-0.3, -0.25) is 4.57 Å². The lowest BCUT2D eigenvalue weighted by Gasteiger charge is -2.28. The molecule has 3 aromatic rings. The van der Waals surface area contributed by atoms with E-state index in [0.29, 0.717) is 43.9 Å². The van der Waals surface area contributed by atoms with Gasteiger partial charge >= 0.3 is 6.18 Å². The molecular weight excluding hydrogens is 445 g/mol. The molecule has 1 saturated heterocycles. The fraction of sp³-hybridized carbons (Fsp3) is 0.500. The smallest absolute Gasteiger partial charge is 0.378 e. The molecule has 1 aliphatic heterocycles. The van der Waals surface area contributed by atoms with Gasteiger partial charge in [-0.1, -0.05) is 55.0 Å². The van der Waals surface area contributed by atoms with Gasteiger partial charge in [0.1, 0.15) is 6.54 Å². The third-order valence-corrected chi connectivity index (χ3v) is 5.91. The minimum absolute atomic E-state index is 0.143. The van der Waals surface area contributed by atoms with Crippen LogP contribution >= 0.6 is 11.8 Å². The number of rotatable bonds is 7. The lowest BCUT2D eigenvalue weighted by molar-refractivity contribution is -0.141. The van der Waals surface area contributed by atoms with E-state index in [2.05, 4.69) is 34.2 Å². The molecule has 172 valence electrons. The molecule has 0 atom stereocenters. The standard InChI is InChI=1S/C20H23F3N6O2S/c1-13(2)14-3-5-15(6-4-14)17-24-16(31-27-17)11-32-19-26-25-18(28-7-9-30-10-8-28)29(19)12-20(21,22)23/h3-6,13H,7-12H2,1-2H3. The zero-order valence-electron chi connectivity index (χ0n) is 17.7. The van der Waals surface area contributed by atoms with Crippen LogP contribution in [0, 0.1) is 0 Å². The van der Waals surface area contributed by atoms with Crippen LogP contribution in [0.25, 0.3) is 11.4 Å². The van der Waals surface area contributed by atoms with Gasteiger partial charge in [-0.05, 0) is 11.5 Å². The number of aromatic nitrogens is 5. The molecular formula is C20H23F3N6O2S. The molecule has 0 spiro atoms. The number of benzene rings is 1. The number of hydrogen-bond acceptors (Lipinski definition) is 8. The molecule has 12 heteroatoms. The third-order valence-electron chi connectivity index (χ3n) is 4.96. The number of hydrogen-bond donors (Lipinski definition) is 0. The fourth-order valence-corrected chi connectivity index (χ4v) is 4.05. The van der Waals surface area contributed by atoms with Gasteiger partial charge in [-0.2, -0.15) is 18.2 Å². The quantitative estimate of drug-likeness (QED) is 0.479. The highest BCUT2D eigenvalue weighted by molar-refractivity contribution is 7.98. The molecule has 3 heterocycles. The summed E-state index contributed by atoms with van der Waals surface area (Å²) in [5.74, 6) is 1.51. The Labute approximate surface area is 187 Å². The second kappa shape index (κ2) is 9.49. The van der Waals surface area contributed by atoms with Gasteiger partial charge in [0.25, 0.3) is 0 Å². The van der Waals surface area contributed by atoms with Crippen LogP contribution in [0.5, 0.6) is 0 Å². The van der Waals surface area contributed by atoms with Crippen molar-refractivity contribution in [1.82, 2.24) is 24.9 Å². The molecule has 1 aromatic carbocycles. The molecule has 0 amide bonds. The first-order valence-corrected chi connectivity index (χ1v) is 11.2. The van der Waals surface area contributed by atoms with Crippen molar-refractivity contribution < 1.29 is 22.4 Å². The van der Waals surface area contributed by atoms with Gasteiger partial charge in [0.15, 0.2) is 5.16 Å². The summed E-state index contributed by atoms with van der Waals surface area (Å²) in [5, 5.41) is 12.1. The van der Waals surface area contributed by atoms with Crippen LogP contribution in [-0.4, -0.2) is 57.4 Å². The first-order valence-electron chi connectivity index (χ1n) is 10.2. The van der Waals surface area contributed by atoms with Crippen molar-refractivity contribution in [3.63, 3.8) is 0 Å². The summed E-state index contributed by atoms with van der Waals surface area (Å²) >= 11 is 1.08. The number of nitrogens with zero attached hydrogens (tertiary/aromatic N) is 6. The van der Waals surface area contributed by atoms with E-state index in [-0.39, 0.29) is 16.9 Å². The maximum Gasteiger partial charge on any atom is 0.406 e. The SMILES string of the molecule is CC(C)c1ccc(-c2noc(CSc3nnc(N4CCOCC4)n3CC(F)(F)F)n2)cc1. The second-order valence-electron chi connectivity index (χ2n) is 7.66. The average molecular weight is 469 g/mol. The Hall–Kier alpha value is -2.60. The van der Waals surface area contributed by atoms with Gasteiger partial charge < -0.3 is 14.2 Å². The van der Waals surface area contributed by atoms with Crippen molar-refractivity contribution in [2.75, 3.05) is 31.2 Å². The highest BCUT2D eigenvalue weighted by Gasteiger charge is 2.33. The van der Waals surface area contributed by atoms with Gasteiger partial charge in [0.05, 0.1) is 19.0 Å². The van der Waals surface area contributed by atoms with E-state index in [4.69, 9.17) is 9.26 Å². The molecule has 1 aliphatic rings. The highest BCUT2D eigenvalue weighted by atomic mass is 32.2. The molecule has 0 radical (unpaired) electrons. The molecule has 2 aromatic heterocycles.